The zero-order valence-corrected chi connectivity index (χ0v) is 23.7. The maximum absolute atomic E-state index is 6.58. The Kier molecular flexibility index (Phi) is 6.26. The number of hydrogen-bond donors (Lipinski definition) is 0. The van der Waals surface area contributed by atoms with Gasteiger partial charge in [0, 0.05) is 22.0 Å². The molecule has 1 aliphatic carbocycles. The first-order chi connectivity index (χ1) is 20.9. The average Bonchev–Trinajstić information content (AvgIpc) is 3.45. The molecule has 204 valence electrons. The number of nitrogens with zero attached hydrogens (tertiary/aromatic N) is 1. The van der Waals surface area contributed by atoms with Crippen LogP contribution >= 0.6 is 0 Å². The summed E-state index contributed by atoms with van der Waals surface area (Å²) in [4.78, 5) is 2.38. The van der Waals surface area contributed by atoms with Crippen molar-refractivity contribution in [3.05, 3.63) is 139 Å². The Hall–Kier alpha value is -4.82. The monoisotopic (exact) mass is 543 g/mol. The van der Waals surface area contributed by atoms with E-state index in [1.54, 1.807) is 0 Å². The molecule has 7 aromatic rings. The van der Waals surface area contributed by atoms with Crippen molar-refractivity contribution in [3.8, 4) is 11.1 Å². The summed E-state index contributed by atoms with van der Waals surface area (Å²) < 4.78 is 6.58. The number of rotatable bonds is 5. The second-order valence-corrected chi connectivity index (χ2v) is 11.5. The summed E-state index contributed by atoms with van der Waals surface area (Å²) in [5.41, 5.74) is 9.11. The molecule has 6 aromatic carbocycles. The highest BCUT2D eigenvalue weighted by molar-refractivity contribution is 6.11. The first-order valence-corrected chi connectivity index (χ1v) is 15.2. The number of anilines is 3. The van der Waals surface area contributed by atoms with Crippen LogP contribution in [0.1, 0.15) is 43.6 Å². The number of benzene rings is 6. The Labute approximate surface area is 246 Å². The summed E-state index contributed by atoms with van der Waals surface area (Å²) in [6.45, 7) is 0. The lowest BCUT2D eigenvalue weighted by Gasteiger charge is -2.29. The predicted molar refractivity (Wildman–Crippen MR) is 177 cm³/mol. The molecule has 1 saturated carbocycles. The number of para-hydroxylation sites is 4. The average molecular weight is 544 g/mol. The van der Waals surface area contributed by atoms with Gasteiger partial charge in [-0.2, -0.15) is 0 Å². The molecular formula is C40H33NO. The van der Waals surface area contributed by atoms with E-state index in [4.69, 9.17) is 4.42 Å². The Morgan fingerprint density at radius 1 is 0.524 bits per heavy atom. The quantitative estimate of drug-likeness (QED) is 0.215. The number of furan rings is 1. The van der Waals surface area contributed by atoms with Gasteiger partial charge in [-0.25, -0.2) is 0 Å². The minimum Gasteiger partial charge on any atom is -0.454 e. The fraction of sp³-hybridized carbons (Fsp3) is 0.150. The van der Waals surface area contributed by atoms with Crippen LogP contribution in [0.15, 0.2) is 138 Å². The smallest absolute Gasteiger partial charge is 0.159 e. The minimum absolute atomic E-state index is 0.616. The molecule has 1 aliphatic rings. The van der Waals surface area contributed by atoms with Crippen molar-refractivity contribution in [2.45, 2.75) is 38.0 Å². The Morgan fingerprint density at radius 2 is 1.19 bits per heavy atom. The van der Waals surface area contributed by atoms with E-state index in [9.17, 15) is 0 Å². The van der Waals surface area contributed by atoms with Crippen molar-refractivity contribution < 1.29 is 4.42 Å². The van der Waals surface area contributed by atoms with E-state index in [2.05, 4.69) is 132 Å². The normalized spacial score (nSPS) is 14.1. The number of fused-ring (bicyclic) bond motifs is 4. The first kappa shape index (κ1) is 24.9. The van der Waals surface area contributed by atoms with Crippen LogP contribution in [0.3, 0.4) is 0 Å². The molecule has 0 atom stereocenters. The highest BCUT2D eigenvalue weighted by Crippen LogP contribution is 2.47. The molecule has 2 heteroatoms. The molecule has 0 N–H and O–H groups in total. The highest BCUT2D eigenvalue weighted by atomic mass is 16.3. The van der Waals surface area contributed by atoms with Crippen molar-refractivity contribution in [2.24, 2.45) is 0 Å². The van der Waals surface area contributed by atoms with Crippen LogP contribution in [-0.2, 0) is 0 Å². The fourth-order valence-corrected chi connectivity index (χ4v) is 7.14. The molecule has 0 saturated heterocycles. The van der Waals surface area contributed by atoms with Crippen LogP contribution in [0.2, 0.25) is 0 Å². The number of hydrogen-bond acceptors (Lipinski definition) is 2. The van der Waals surface area contributed by atoms with Crippen LogP contribution < -0.4 is 4.90 Å². The topological polar surface area (TPSA) is 16.4 Å². The molecule has 1 aromatic heterocycles. The van der Waals surface area contributed by atoms with Gasteiger partial charge in [0.25, 0.3) is 0 Å². The molecule has 0 spiro atoms. The molecule has 0 unspecified atom stereocenters. The maximum atomic E-state index is 6.58. The van der Waals surface area contributed by atoms with E-state index in [-0.39, 0.29) is 0 Å². The molecule has 0 radical (unpaired) electrons. The van der Waals surface area contributed by atoms with Crippen molar-refractivity contribution in [1.82, 2.24) is 0 Å². The van der Waals surface area contributed by atoms with Gasteiger partial charge in [-0.3, -0.25) is 0 Å². The molecule has 42 heavy (non-hydrogen) atoms. The van der Waals surface area contributed by atoms with Gasteiger partial charge in [0.05, 0.1) is 11.4 Å². The summed E-state index contributed by atoms with van der Waals surface area (Å²) in [5.74, 6) is 0.616. The summed E-state index contributed by atoms with van der Waals surface area (Å²) >= 11 is 0. The SMILES string of the molecule is c1ccc(N(c2ccccc2-c2cccc3cccc(C4CCCCC4)c23)c2cccc3c2oc2ccccc23)cc1. The second-order valence-electron chi connectivity index (χ2n) is 11.5. The van der Waals surface area contributed by atoms with Gasteiger partial charge >= 0.3 is 0 Å². The van der Waals surface area contributed by atoms with E-state index in [0.717, 1.165) is 39.0 Å². The predicted octanol–water partition coefficient (Wildman–Crippen LogP) is 11.9. The maximum Gasteiger partial charge on any atom is 0.159 e. The van der Waals surface area contributed by atoms with Crippen LogP contribution in [0.25, 0.3) is 43.8 Å². The lowest BCUT2D eigenvalue weighted by Crippen LogP contribution is -2.11. The van der Waals surface area contributed by atoms with E-state index >= 15 is 0 Å². The molecule has 8 rings (SSSR count). The second kappa shape index (κ2) is 10.5. The third kappa shape index (κ3) is 4.18. The van der Waals surface area contributed by atoms with E-state index in [1.165, 1.54) is 59.6 Å². The van der Waals surface area contributed by atoms with Gasteiger partial charge in [-0.1, -0.05) is 122 Å². The Balaban J connectivity index is 1.40. The third-order valence-corrected chi connectivity index (χ3v) is 9.06. The van der Waals surface area contributed by atoms with Crippen LogP contribution in [-0.4, -0.2) is 0 Å². The van der Waals surface area contributed by atoms with Crippen LogP contribution in [0, 0.1) is 0 Å². The zero-order chi connectivity index (χ0) is 27.9. The Bertz CT molecular complexity index is 2030. The molecule has 0 bridgehead atoms. The van der Waals surface area contributed by atoms with Gasteiger partial charge in [-0.15, -0.1) is 0 Å². The summed E-state index contributed by atoms with van der Waals surface area (Å²) in [7, 11) is 0. The largest absolute Gasteiger partial charge is 0.454 e. The van der Waals surface area contributed by atoms with Crippen LogP contribution in [0.5, 0.6) is 0 Å². The standard InChI is InChI=1S/C40H33NO/c1-3-14-28(15-4-1)31-22-11-16-29-17-12-23-34(39(29)31)32-20-7-9-25-36(32)41(30-18-5-2-6-19-30)37-26-13-24-35-33-21-8-10-27-38(33)42-40(35)37/h2,5-13,16-28H,1,3-4,14-15H2. The molecule has 1 fully saturated rings. The van der Waals surface area contributed by atoms with Gasteiger partial charge < -0.3 is 9.32 Å². The first-order valence-electron chi connectivity index (χ1n) is 15.2. The van der Waals surface area contributed by atoms with Crippen molar-refractivity contribution in [1.29, 1.82) is 0 Å². The Morgan fingerprint density at radius 3 is 2.07 bits per heavy atom. The summed E-state index contributed by atoms with van der Waals surface area (Å²) in [5, 5.41) is 4.98. The van der Waals surface area contributed by atoms with Crippen molar-refractivity contribution in [3.63, 3.8) is 0 Å². The van der Waals surface area contributed by atoms with Gasteiger partial charge in [-0.05, 0) is 71.0 Å². The van der Waals surface area contributed by atoms with Gasteiger partial charge in [0.15, 0.2) is 5.58 Å². The highest BCUT2D eigenvalue weighted by Gasteiger charge is 2.24. The van der Waals surface area contributed by atoms with Crippen molar-refractivity contribution in [2.75, 3.05) is 4.90 Å². The summed E-state index contributed by atoms with van der Waals surface area (Å²) in [6, 6.07) is 48.1. The van der Waals surface area contributed by atoms with Crippen LogP contribution in [0.4, 0.5) is 17.1 Å². The lowest BCUT2D eigenvalue weighted by molar-refractivity contribution is 0.445. The van der Waals surface area contributed by atoms with Gasteiger partial charge in [0.1, 0.15) is 5.58 Å². The van der Waals surface area contributed by atoms with E-state index < -0.39 is 0 Å². The summed E-state index contributed by atoms with van der Waals surface area (Å²) in [6.07, 6.45) is 6.56. The fourth-order valence-electron chi connectivity index (χ4n) is 7.14. The lowest BCUT2D eigenvalue weighted by atomic mass is 9.80. The molecule has 1 heterocycles. The van der Waals surface area contributed by atoms with Crippen molar-refractivity contribution >= 4 is 49.8 Å². The van der Waals surface area contributed by atoms with Gasteiger partial charge in [0.2, 0.25) is 0 Å². The molecule has 0 aliphatic heterocycles. The van der Waals surface area contributed by atoms with E-state index in [0.29, 0.717) is 5.92 Å². The third-order valence-electron chi connectivity index (χ3n) is 9.06. The zero-order valence-electron chi connectivity index (χ0n) is 23.7. The minimum atomic E-state index is 0.616. The molecular weight excluding hydrogens is 510 g/mol. The van der Waals surface area contributed by atoms with E-state index in [1.807, 2.05) is 6.07 Å². The molecule has 2 nitrogen and oxygen atoms in total. The molecule has 0 amide bonds.